The van der Waals surface area contributed by atoms with E-state index in [1.54, 1.807) is 27.6 Å². The summed E-state index contributed by atoms with van der Waals surface area (Å²) in [6.07, 6.45) is 0.718. The molecule has 0 spiro atoms. The zero-order chi connectivity index (χ0) is 19.3. The zero-order valence-electron chi connectivity index (χ0n) is 15.6. The molecule has 2 amide bonds. The number of H-pyrrole nitrogens is 1. The Hall–Kier alpha value is -3.42. The van der Waals surface area contributed by atoms with Gasteiger partial charge >= 0.3 is 0 Å². The lowest BCUT2D eigenvalue weighted by Gasteiger charge is -2.26. The Morgan fingerprint density at radius 2 is 1.96 bits per heavy atom. The Morgan fingerprint density at radius 1 is 1.14 bits per heavy atom. The zero-order valence-corrected chi connectivity index (χ0v) is 15.6. The van der Waals surface area contributed by atoms with Crippen molar-refractivity contribution in [2.24, 2.45) is 0 Å². The second-order valence-electron chi connectivity index (χ2n) is 7.24. The van der Waals surface area contributed by atoms with Gasteiger partial charge in [-0.25, -0.2) is 0 Å². The minimum absolute atomic E-state index is 0.0973. The molecule has 2 aromatic heterocycles. The van der Waals surface area contributed by atoms with E-state index in [0.717, 1.165) is 28.9 Å². The van der Waals surface area contributed by atoms with Crippen LogP contribution in [0.5, 0.6) is 0 Å². The van der Waals surface area contributed by atoms with Gasteiger partial charge in [0.2, 0.25) is 0 Å². The Bertz CT molecular complexity index is 1070. The van der Waals surface area contributed by atoms with Gasteiger partial charge < -0.3 is 9.80 Å². The van der Waals surface area contributed by atoms with Crippen LogP contribution < -0.4 is 0 Å². The molecule has 1 N–H and O–H groups in total. The predicted molar refractivity (Wildman–Crippen MR) is 102 cm³/mol. The van der Waals surface area contributed by atoms with Gasteiger partial charge in [-0.1, -0.05) is 30.3 Å². The van der Waals surface area contributed by atoms with Gasteiger partial charge in [0.1, 0.15) is 5.69 Å². The number of rotatable bonds is 2. The van der Waals surface area contributed by atoms with Crippen LogP contribution in [-0.4, -0.2) is 61.7 Å². The number of nitrogens with zero attached hydrogens (tertiary/aromatic N) is 5. The molecule has 142 valence electrons. The molecule has 5 rings (SSSR count). The summed E-state index contributed by atoms with van der Waals surface area (Å²) in [7, 11) is 1.76. The maximum atomic E-state index is 13.1. The van der Waals surface area contributed by atoms with Crippen LogP contribution in [0.15, 0.2) is 36.4 Å². The van der Waals surface area contributed by atoms with E-state index >= 15 is 0 Å². The summed E-state index contributed by atoms with van der Waals surface area (Å²) in [4.78, 5) is 28.8. The number of amides is 2. The van der Waals surface area contributed by atoms with Crippen molar-refractivity contribution in [2.75, 3.05) is 20.1 Å². The number of fused-ring (bicyclic) bond motifs is 2. The van der Waals surface area contributed by atoms with Crippen molar-refractivity contribution in [2.45, 2.75) is 19.5 Å². The van der Waals surface area contributed by atoms with E-state index in [0.29, 0.717) is 37.6 Å². The lowest BCUT2D eigenvalue weighted by molar-refractivity contribution is 0.0720. The van der Waals surface area contributed by atoms with E-state index in [1.165, 1.54) is 0 Å². The van der Waals surface area contributed by atoms with Crippen LogP contribution in [0.3, 0.4) is 0 Å². The third-order valence-corrected chi connectivity index (χ3v) is 5.48. The maximum absolute atomic E-state index is 13.1. The monoisotopic (exact) mass is 376 g/mol. The van der Waals surface area contributed by atoms with Gasteiger partial charge in [0.25, 0.3) is 11.8 Å². The number of likely N-dealkylation sites (N-methyl/N-ethyl adjacent to an activating group) is 1. The molecule has 0 bridgehead atoms. The van der Waals surface area contributed by atoms with Gasteiger partial charge in [0.05, 0.1) is 18.8 Å². The Balaban J connectivity index is 1.43. The van der Waals surface area contributed by atoms with Gasteiger partial charge in [-0.05, 0) is 0 Å². The molecule has 2 aliphatic rings. The molecular formula is C20H20N6O2. The molecule has 0 radical (unpaired) electrons. The van der Waals surface area contributed by atoms with Crippen molar-refractivity contribution < 1.29 is 9.59 Å². The quantitative estimate of drug-likeness (QED) is 0.735. The van der Waals surface area contributed by atoms with Crippen molar-refractivity contribution in [1.82, 2.24) is 29.8 Å². The summed E-state index contributed by atoms with van der Waals surface area (Å²) in [6, 6.07) is 11.6. The summed E-state index contributed by atoms with van der Waals surface area (Å²) >= 11 is 0. The highest BCUT2D eigenvalue weighted by molar-refractivity contribution is 5.98. The molecule has 0 aliphatic carbocycles. The van der Waals surface area contributed by atoms with Crippen molar-refractivity contribution in [3.63, 3.8) is 0 Å². The summed E-state index contributed by atoms with van der Waals surface area (Å²) in [5, 5.41) is 12.0. The Labute approximate surface area is 161 Å². The van der Waals surface area contributed by atoms with Crippen LogP contribution in [0.2, 0.25) is 0 Å². The van der Waals surface area contributed by atoms with Crippen molar-refractivity contribution in [1.29, 1.82) is 0 Å². The molecule has 1 aromatic carbocycles. The number of benzene rings is 1. The van der Waals surface area contributed by atoms with E-state index < -0.39 is 0 Å². The van der Waals surface area contributed by atoms with E-state index in [9.17, 15) is 9.59 Å². The van der Waals surface area contributed by atoms with Crippen molar-refractivity contribution in [3.8, 4) is 11.3 Å². The summed E-state index contributed by atoms with van der Waals surface area (Å²) in [5.74, 6) is -0.247. The normalized spacial score (nSPS) is 16.1. The standard InChI is InChI=1S/C20H20N6O2/c1-24-9-10-26-17(20(24)28)11-16(23-26)19(27)25-8-7-15-14(12-25)18(22-21-15)13-5-3-2-4-6-13/h2-6,11H,7-10,12H2,1H3,(H,21,22). The van der Waals surface area contributed by atoms with E-state index in [-0.39, 0.29) is 11.8 Å². The van der Waals surface area contributed by atoms with Crippen LogP contribution in [0.1, 0.15) is 32.2 Å². The number of hydrogen-bond acceptors (Lipinski definition) is 4. The molecule has 8 heteroatoms. The molecule has 0 fully saturated rings. The minimum Gasteiger partial charge on any atom is -0.339 e. The van der Waals surface area contributed by atoms with Crippen molar-refractivity contribution >= 4 is 11.8 Å². The first-order valence-electron chi connectivity index (χ1n) is 9.36. The third-order valence-electron chi connectivity index (χ3n) is 5.48. The van der Waals surface area contributed by atoms with Crippen LogP contribution in [0.25, 0.3) is 11.3 Å². The number of aromatic nitrogens is 4. The van der Waals surface area contributed by atoms with Gasteiger partial charge in [-0.15, -0.1) is 0 Å². The number of carbonyl (C=O) groups excluding carboxylic acids is 2. The fourth-order valence-electron chi connectivity index (χ4n) is 3.87. The molecule has 0 saturated heterocycles. The lowest BCUT2D eigenvalue weighted by atomic mass is 10.0. The van der Waals surface area contributed by atoms with Gasteiger partial charge in [0, 0.05) is 49.4 Å². The molecule has 28 heavy (non-hydrogen) atoms. The summed E-state index contributed by atoms with van der Waals surface area (Å²) in [6.45, 7) is 2.28. The van der Waals surface area contributed by atoms with Crippen LogP contribution in [-0.2, 0) is 19.5 Å². The minimum atomic E-state index is -0.150. The molecule has 0 atom stereocenters. The Kier molecular flexibility index (Phi) is 3.78. The second-order valence-corrected chi connectivity index (χ2v) is 7.24. The van der Waals surface area contributed by atoms with Gasteiger partial charge in [-0.2, -0.15) is 10.2 Å². The molecule has 0 unspecified atom stereocenters. The molecular weight excluding hydrogens is 356 g/mol. The summed E-state index contributed by atoms with van der Waals surface area (Å²) in [5.41, 5.74) is 4.83. The third kappa shape index (κ3) is 2.60. The van der Waals surface area contributed by atoms with Crippen LogP contribution in [0, 0.1) is 0 Å². The molecule has 0 saturated carbocycles. The lowest BCUT2D eigenvalue weighted by Crippen LogP contribution is -2.37. The fourth-order valence-corrected chi connectivity index (χ4v) is 3.87. The highest BCUT2D eigenvalue weighted by Crippen LogP contribution is 2.29. The predicted octanol–water partition coefficient (Wildman–Crippen LogP) is 1.56. The highest BCUT2D eigenvalue weighted by atomic mass is 16.2. The number of hydrogen-bond donors (Lipinski definition) is 1. The number of nitrogens with one attached hydrogen (secondary N) is 1. The molecule has 3 aromatic rings. The van der Waals surface area contributed by atoms with E-state index in [2.05, 4.69) is 15.3 Å². The molecule has 8 nitrogen and oxygen atoms in total. The highest BCUT2D eigenvalue weighted by Gasteiger charge is 2.30. The smallest absolute Gasteiger partial charge is 0.274 e. The number of aromatic amines is 1. The average Bonchev–Trinajstić information content (AvgIpc) is 3.35. The van der Waals surface area contributed by atoms with Crippen LogP contribution in [0.4, 0.5) is 0 Å². The maximum Gasteiger partial charge on any atom is 0.274 e. The SMILES string of the molecule is CN1CCn2nc(C(=O)N3CCc4[nH]nc(-c5ccccc5)c4C3)cc2C1=O. The largest absolute Gasteiger partial charge is 0.339 e. The van der Waals surface area contributed by atoms with E-state index in [4.69, 9.17) is 0 Å². The number of carbonyl (C=O) groups is 2. The second kappa shape index (κ2) is 6.33. The topological polar surface area (TPSA) is 87.1 Å². The first-order chi connectivity index (χ1) is 13.6. The average molecular weight is 376 g/mol. The first-order valence-corrected chi connectivity index (χ1v) is 9.36. The summed E-state index contributed by atoms with van der Waals surface area (Å²) < 4.78 is 1.64. The fraction of sp³-hybridized carbons (Fsp3) is 0.300. The first kappa shape index (κ1) is 16.7. The Morgan fingerprint density at radius 3 is 2.79 bits per heavy atom. The van der Waals surface area contributed by atoms with Gasteiger partial charge in [-0.3, -0.25) is 19.4 Å². The van der Waals surface area contributed by atoms with Crippen molar-refractivity contribution in [3.05, 3.63) is 59.0 Å². The van der Waals surface area contributed by atoms with Gasteiger partial charge in [0.15, 0.2) is 5.69 Å². The molecule has 2 aliphatic heterocycles. The molecule has 4 heterocycles. The van der Waals surface area contributed by atoms with Crippen LogP contribution >= 0.6 is 0 Å². The van der Waals surface area contributed by atoms with E-state index in [1.807, 2.05) is 30.3 Å².